The fraction of sp³-hybridized carbons (Fsp3) is 0.0667. The van der Waals surface area contributed by atoms with Gasteiger partial charge in [-0.1, -0.05) is 48.5 Å². The molecule has 1 aromatic heterocycles. The number of nitrogens with zero attached hydrogens (tertiary/aromatic N) is 1. The van der Waals surface area contributed by atoms with Crippen LogP contribution < -0.4 is 5.46 Å². The predicted molar refractivity (Wildman–Crippen MR) is 87.4 cm³/mol. The average Bonchev–Trinajstić information content (AvgIpc) is 2.83. The summed E-state index contributed by atoms with van der Waals surface area (Å²) in [4.78, 5) is 0. The van der Waals surface area contributed by atoms with Crippen LogP contribution in [-0.4, -0.2) is 35.8 Å². The predicted octanol–water partition coefficient (Wildman–Crippen LogP) is 0.796. The maximum absolute atomic E-state index is 12.3. The molecule has 2 aromatic carbocycles. The van der Waals surface area contributed by atoms with Crippen molar-refractivity contribution in [1.29, 1.82) is 0 Å². The van der Waals surface area contributed by atoms with Crippen molar-refractivity contribution >= 4 is 33.5 Å². The number of rotatable bonds is 3. The molecule has 1 heterocycles. The Kier molecular flexibility index (Phi) is 3.56. The van der Waals surface area contributed by atoms with Gasteiger partial charge in [0, 0.05) is 10.8 Å². The van der Waals surface area contributed by atoms with Crippen molar-refractivity contribution < 1.29 is 18.5 Å². The second kappa shape index (κ2) is 5.28. The van der Waals surface area contributed by atoms with Crippen LogP contribution in [0.2, 0.25) is 0 Å². The van der Waals surface area contributed by atoms with E-state index >= 15 is 0 Å². The van der Waals surface area contributed by atoms with Crippen molar-refractivity contribution in [2.24, 2.45) is 0 Å². The summed E-state index contributed by atoms with van der Waals surface area (Å²) in [5.41, 5.74) is 1.49. The van der Waals surface area contributed by atoms with Gasteiger partial charge in [0.1, 0.15) is 0 Å². The van der Waals surface area contributed by atoms with E-state index in [1.807, 2.05) is 6.07 Å². The molecule has 0 spiro atoms. The van der Waals surface area contributed by atoms with Crippen LogP contribution in [0.25, 0.3) is 22.2 Å². The maximum Gasteiger partial charge on any atom is 0.491 e. The van der Waals surface area contributed by atoms with Gasteiger partial charge in [0.2, 0.25) is 10.0 Å². The van der Waals surface area contributed by atoms with E-state index < -0.39 is 17.1 Å². The molecule has 0 saturated heterocycles. The summed E-state index contributed by atoms with van der Waals surface area (Å²) in [5.74, 6) is 0. The van der Waals surface area contributed by atoms with Crippen molar-refractivity contribution in [2.45, 2.75) is 0 Å². The van der Waals surface area contributed by atoms with E-state index in [1.165, 1.54) is 0 Å². The van der Waals surface area contributed by atoms with Crippen molar-refractivity contribution in [1.82, 2.24) is 3.97 Å². The molecule has 0 aliphatic carbocycles. The number of hydrogen-bond donors (Lipinski definition) is 2. The van der Waals surface area contributed by atoms with E-state index in [4.69, 9.17) is 0 Å². The highest BCUT2D eigenvalue weighted by atomic mass is 32.2. The lowest BCUT2D eigenvalue weighted by Crippen LogP contribution is -2.32. The molecule has 22 heavy (non-hydrogen) atoms. The van der Waals surface area contributed by atoms with Gasteiger partial charge in [0.15, 0.2) is 0 Å². The molecule has 0 aliphatic heterocycles. The Balaban J connectivity index is 2.56. The van der Waals surface area contributed by atoms with E-state index in [0.29, 0.717) is 16.5 Å². The highest BCUT2D eigenvalue weighted by molar-refractivity contribution is 7.89. The zero-order chi connectivity index (χ0) is 15.9. The first kappa shape index (κ1) is 14.8. The zero-order valence-electron chi connectivity index (χ0n) is 11.8. The molecule has 3 rings (SSSR count). The molecule has 0 radical (unpaired) electrons. The van der Waals surface area contributed by atoms with Crippen LogP contribution >= 0.6 is 0 Å². The largest absolute Gasteiger partial charge is 0.491 e. The molecule has 112 valence electrons. The minimum Gasteiger partial charge on any atom is -0.423 e. The molecule has 0 saturated carbocycles. The number of para-hydroxylation sites is 1. The second-order valence-electron chi connectivity index (χ2n) is 5.05. The standard InChI is InChI=1S/C15H14BNO4S/c1-22(20,21)17-13-10-6-5-9-12(13)14(16(18)19)15(17)11-7-3-2-4-8-11/h2-10,18-19H,1H3. The molecule has 3 aromatic rings. The molecule has 0 atom stereocenters. The Hall–Kier alpha value is -2.09. The van der Waals surface area contributed by atoms with Crippen LogP contribution in [0.4, 0.5) is 0 Å². The smallest absolute Gasteiger partial charge is 0.423 e. The van der Waals surface area contributed by atoms with Gasteiger partial charge in [-0.15, -0.1) is 0 Å². The summed E-state index contributed by atoms with van der Waals surface area (Å²) < 4.78 is 25.7. The lowest BCUT2D eigenvalue weighted by molar-refractivity contribution is 0.426. The van der Waals surface area contributed by atoms with Gasteiger partial charge in [-0.05, 0) is 11.6 Å². The Labute approximate surface area is 128 Å². The average molecular weight is 315 g/mol. The summed E-state index contributed by atoms with van der Waals surface area (Å²) in [6.07, 6.45) is 1.10. The Morgan fingerprint density at radius 1 is 0.955 bits per heavy atom. The first-order valence-electron chi connectivity index (χ1n) is 6.66. The van der Waals surface area contributed by atoms with Gasteiger partial charge in [0.25, 0.3) is 0 Å². The van der Waals surface area contributed by atoms with Crippen molar-refractivity contribution in [2.75, 3.05) is 6.26 Å². The minimum absolute atomic E-state index is 0.187. The van der Waals surface area contributed by atoms with Gasteiger partial charge in [-0.2, -0.15) is 0 Å². The third-order valence-corrected chi connectivity index (χ3v) is 4.55. The normalized spacial score (nSPS) is 11.8. The van der Waals surface area contributed by atoms with Crippen LogP contribution in [-0.2, 0) is 10.0 Å². The van der Waals surface area contributed by atoms with Crippen molar-refractivity contribution in [3.05, 3.63) is 54.6 Å². The number of fused-ring (bicyclic) bond motifs is 1. The first-order valence-corrected chi connectivity index (χ1v) is 8.51. The molecule has 0 aliphatic rings. The summed E-state index contributed by atoms with van der Waals surface area (Å²) in [7, 11) is -5.40. The van der Waals surface area contributed by atoms with Gasteiger partial charge in [-0.3, -0.25) is 0 Å². The van der Waals surface area contributed by atoms with E-state index in [9.17, 15) is 18.5 Å². The molecule has 7 heteroatoms. The van der Waals surface area contributed by atoms with Crippen LogP contribution in [0.5, 0.6) is 0 Å². The monoisotopic (exact) mass is 315 g/mol. The van der Waals surface area contributed by atoms with Crippen LogP contribution in [0, 0.1) is 0 Å². The molecule has 2 N–H and O–H groups in total. The number of hydrogen-bond acceptors (Lipinski definition) is 4. The fourth-order valence-corrected chi connectivity index (χ4v) is 3.76. The fourth-order valence-electron chi connectivity index (χ4n) is 2.71. The third-order valence-electron chi connectivity index (χ3n) is 3.51. The highest BCUT2D eigenvalue weighted by Gasteiger charge is 2.29. The van der Waals surface area contributed by atoms with Crippen LogP contribution in [0.3, 0.4) is 0 Å². The summed E-state index contributed by atoms with van der Waals surface area (Å²) >= 11 is 0. The van der Waals surface area contributed by atoms with Crippen LogP contribution in [0.1, 0.15) is 0 Å². The summed E-state index contributed by atoms with van der Waals surface area (Å²) in [6, 6.07) is 15.6. The lowest BCUT2D eigenvalue weighted by atomic mass is 9.77. The lowest BCUT2D eigenvalue weighted by Gasteiger charge is -2.10. The topological polar surface area (TPSA) is 79.5 Å². The second-order valence-corrected chi connectivity index (χ2v) is 6.88. The summed E-state index contributed by atoms with van der Waals surface area (Å²) in [5, 5.41) is 20.1. The van der Waals surface area contributed by atoms with Gasteiger partial charge in [0.05, 0.1) is 17.5 Å². The molecule has 0 amide bonds. The molecular weight excluding hydrogens is 301 g/mol. The molecule has 0 unspecified atom stereocenters. The molecule has 0 bridgehead atoms. The first-order chi connectivity index (χ1) is 10.4. The minimum atomic E-state index is -3.63. The van der Waals surface area contributed by atoms with E-state index in [1.54, 1.807) is 48.5 Å². The SMILES string of the molecule is CS(=O)(=O)n1c(-c2ccccc2)c(B(O)O)c2ccccc21. The van der Waals surface area contributed by atoms with E-state index in [0.717, 1.165) is 10.2 Å². The van der Waals surface area contributed by atoms with Crippen LogP contribution in [0.15, 0.2) is 54.6 Å². The number of benzene rings is 2. The Bertz CT molecular complexity index is 933. The maximum atomic E-state index is 12.3. The third kappa shape index (κ3) is 2.33. The molecule has 0 fully saturated rings. The van der Waals surface area contributed by atoms with Crippen molar-refractivity contribution in [3.63, 3.8) is 0 Å². The Morgan fingerprint density at radius 2 is 1.55 bits per heavy atom. The highest BCUT2D eigenvalue weighted by Crippen LogP contribution is 2.28. The quantitative estimate of drug-likeness (QED) is 0.701. The molecule has 5 nitrogen and oxygen atoms in total. The molecular formula is C15H14BNO4S. The van der Waals surface area contributed by atoms with Crippen molar-refractivity contribution in [3.8, 4) is 11.3 Å². The van der Waals surface area contributed by atoms with Gasteiger partial charge in [-0.25, -0.2) is 12.4 Å². The number of aromatic nitrogens is 1. The zero-order valence-corrected chi connectivity index (χ0v) is 12.7. The summed E-state index contributed by atoms with van der Waals surface area (Å²) in [6.45, 7) is 0. The van der Waals surface area contributed by atoms with Gasteiger partial charge >= 0.3 is 7.12 Å². The van der Waals surface area contributed by atoms with E-state index in [-0.39, 0.29) is 11.2 Å². The van der Waals surface area contributed by atoms with Gasteiger partial charge < -0.3 is 10.0 Å². The van der Waals surface area contributed by atoms with E-state index in [2.05, 4.69) is 0 Å². The Morgan fingerprint density at radius 3 is 2.14 bits per heavy atom.